The van der Waals surface area contributed by atoms with Crippen molar-refractivity contribution in [2.45, 2.75) is 19.4 Å². The largest absolute Gasteiger partial charge is 0.313 e. The average molecular weight is 253 g/mol. The fourth-order valence-corrected chi connectivity index (χ4v) is 1.79. The zero-order valence-corrected chi connectivity index (χ0v) is 9.12. The molecule has 0 bridgehead atoms. The van der Waals surface area contributed by atoms with Crippen molar-refractivity contribution < 1.29 is 0 Å². The Morgan fingerprint density at radius 3 is 2.86 bits per heavy atom. The van der Waals surface area contributed by atoms with Gasteiger partial charge in [0.05, 0.1) is 11.5 Å². The van der Waals surface area contributed by atoms with Crippen LogP contribution < -0.4 is 5.56 Å². The van der Waals surface area contributed by atoms with Crippen molar-refractivity contribution in [1.29, 1.82) is 5.26 Å². The van der Waals surface area contributed by atoms with Crippen molar-refractivity contribution in [3.8, 4) is 6.07 Å². The maximum atomic E-state index is 11.4. The first-order chi connectivity index (χ1) is 6.65. The molecule has 0 atom stereocenters. The van der Waals surface area contributed by atoms with Crippen LogP contribution in [0.3, 0.4) is 0 Å². The minimum atomic E-state index is -0.273. The van der Waals surface area contributed by atoms with Crippen LogP contribution in [0.15, 0.2) is 27.6 Å². The lowest BCUT2D eigenvalue weighted by Crippen LogP contribution is -2.22. The number of hydrogen-bond acceptors (Lipinski definition) is 2. The second kappa shape index (κ2) is 3.25. The quantitative estimate of drug-likeness (QED) is 0.808. The minimum Gasteiger partial charge on any atom is -0.313 e. The summed E-state index contributed by atoms with van der Waals surface area (Å²) in [6.07, 6.45) is 3.55. The molecule has 4 heteroatoms. The summed E-state index contributed by atoms with van der Waals surface area (Å²) in [7, 11) is 0. The Kier molecular flexibility index (Phi) is 2.20. The van der Waals surface area contributed by atoms with E-state index in [0.717, 1.165) is 17.3 Å². The Morgan fingerprint density at radius 2 is 2.29 bits per heavy atom. The summed E-state index contributed by atoms with van der Waals surface area (Å²) in [5.41, 5.74) is -0.320. The van der Waals surface area contributed by atoms with Crippen LogP contribution >= 0.6 is 15.9 Å². The molecule has 0 N–H and O–H groups in total. The van der Waals surface area contributed by atoms with Gasteiger partial charge in [-0.2, -0.15) is 5.26 Å². The van der Waals surface area contributed by atoms with Crippen LogP contribution in [0.4, 0.5) is 0 Å². The highest BCUT2D eigenvalue weighted by atomic mass is 79.9. The van der Waals surface area contributed by atoms with E-state index in [9.17, 15) is 4.79 Å². The van der Waals surface area contributed by atoms with Crippen LogP contribution in [0.2, 0.25) is 0 Å². The molecule has 0 saturated heterocycles. The van der Waals surface area contributed by atoms with Gasteiger partial charge in [-0.1, -0.05) is 0 Å². The molecular formula is C10H9BrN2O. The number of hydrogen-bond donors (Lipinski definition) is 0. The molecule has 1 saturated carbocycles. The first-order valence-corrected chi connectivity index (χ1v) is 5.22. The third-order valence-electron chi connectivity index (χ3n) is 2.51. The van der Waals surface area contributed by atoms with Crippen molar-refractivity contribution in [1.82, 2.24) is 4.57 Å². The fraction of sp³-hybridized carbons (Fsp3) is 0.400. The lowest BCUT2D eigenvalue weighted by atomic mass is 10.1. The van der Waals surface area contributed by atoms with Gasteiger partial charge in [0.15, 0.2) is 0 Å². The van der Waals surface area contributed by atoms with Crippen LogP contribution in [0.5, 0.6) is 0 Å². The van der Waals surface area contributed by atoms with Gasteiger partial charge in [-0.05, 0) is 34.8 Å². The smallest absolute Gasteiger partial charge is 0.250 e. The number of aromatic nitrogens is 1. The molecule has 72 valence electrons. The summed E-state index contributed by atoms with van der Waals surface area (Å²) < 4.78 is 2.46. The number of nitrogens with zero attached hydrogens (tertiary/aromatic N) is 2. The van der Waals surface area contributed by atoms with Gasteiger partial charge in [0.1, 0.15) is 0 Å². The molecule has 0 aliphatic heterocycles. The standard InChI is InChI=1S/C10H9BrN2O/c11-8-1-2-9(14)13(5-8)7-10(6-12)3-4-10/h1-2,5H,3-4,7H2. The lowest BCUT2D eigenvalue weighted by molar-refractivity contribution is 0.514. The maximum Gasteiger partial charge on any atom is 0.250 e. The zero-order valence-electron chi connectivity index (χ0n) is 7.53. The van der Waals surface area contributed by atoms with Gasteiger partial charge >= 0.3 is 0 Å². The van der Waals surface area contributed by atoms with Gasteiger partial charge in [0.25, 0.3) is 5.56 Å². The predicted molar refractivity (Wildman–Crippen MR) is 55.7 cm³/mol. The second-order valence-electron chi connectivity index (χ2n) is 3.71. The van der Waals surface area contributed by atoms with Crippen LogP contribution in [0.1, 0.15) is 12.8 Å². The lowest BCUT2D eigenvalue weighted by Gasteiger charge is -2.08. The molecule has 1 aliphatic rings. The first-order valence-electron chi connectivity index (χ1n) is 4.42. The fourth-order valence-electron chi connectivity index (χ4n) is 1.41. The highest BCUT2D eigenvalue weighted by molar-refractivity contribution is 9.10. The number of nitriles is 1. The van der Waals surface area contributed by atoms with Crippen molar-refractivity contribution in [3.05, 3.63) is 33.2 Å². The van der Waals surface area contributed by atoms with E-state index in [1.54, 1.807) is 16.8 Å². The molecule has 0 radical (unpaired) electrons. The average Bonchev–Trinajstić information content (AvgIpc) is 2.92. The Hall–Kier alpha value is -1.08. The molecule has 0 unspecified atom stereocenters. The van der Waals surface area contributed by atoms with E-state index < -0.39 is 0 Å². The van der Waals surface area contributed by atoms with E-state index in [0.29, 0.717) is 6.54 Å². The molecule has 1 aromatic heterocycles. The van der Waals surface area contributed by atoms with Crippen LogP contribution in [-0.2, 0) is 6.54 Å². The van der Waals surface area contributed by atoms with E-state index >= 15 is 0 Å². The normalized spacial score (nSPS) is 17.4. The summed E-state index contributed by atoms with van der Waals surface area (Å²) in [6.45, 7) is 0.516. The van der Waals surface area contributed by atoms with Crippen LogP contribution in [0.25, 0.3) is 0 Å². The third-order valence-corrected chi connectivity index (χ3v) is 2.98. The molecule has 1 fully saturated rings. The Balaban J connectivity index is 2.30. The van der Waals surface area contributed by atoms with Crippen LogP contribution in [0, 0.1) is 16.7 Å². The highest BCUT2D eigenvalue weighted by Gasteiger charge is 2.43. The van der Waals surface area contributed by atoms with E-state index in [4.69, 9.17) is 5.26 Å². The minimum absolute atomic E-state index is 0.0466. The predicted octanol–water partition coefficient (Wildman–Crippen LogP) is 1.91. The maximum absolute atomic E-state index is 11.4. The first kappa shape index (κ1) is 9.47. The molecule has 14 heavy (non-hydrogen) atoms. The van der Waals surface area contributed by atoms with E-state index in [2.05, 4.69) is 22.0 Å². The molecule has 3 nitrogen and oxygen atoms in total. The van der Waals surface area contributed by atoms with E-state index in [1.807, 2.05) is 0 Å². The van der Waals surface area contributed by atoms with Crippen molar-refractivity contribution >= 4 is 15.9 Å². The summed E-state index contributed by atoms with van der Waals surface area (Å²) in [5, 5.41) is 8.90. The number of halogens is 1. The molecule has 1 aliphatic carbocycles. The van der Waals surface area contributed by atoms with Crippen molar-refractivity contribution in [3.63, 3.8) is 0 Å². The Labute approximate surface area is 90.1 Å². The Morgan fingerprint density at radius 1 is 1.57 bits per heavy atom. The topological polar surface area (TPSA) is 45.8 Å². The van der Waals surface area contributed by atoms with Gasteiger partial charge in [0, 0.05) is 23.3 Å². The van der Waals surface area contributed by atoms with E-state index in [-0.39, 0.29) is 11.0 Å². The van der Waals surface area contributed by atoms with Gasteiger partial charge < -0.3 is 4.57 Å². The molecule has 0 amide bonds. The molecule has 1 aromatic rings. The van der Waals surface area contributed by atoms with Crippen LogP contribution in [-0.4, -0.2) is 4.57 Å². The monoisotopic (exact) mass is 252 g/mol. The molecule has 0 spiro atoms. The summed E-state index contributed by atoms with van der Waals surface area (Å²) in [4.78, 5) is 11.4. The second-order valence-corrected chi connectivity index (χ2v) is 4.62. The number of pyridine rings is 1. The molecular weight excluding hydrogens is 244 g/mol. The highest BCUT2D eigenvalue weighted by Crippen LogP contribution is 2.46. The van der Waals surface area contributed by atoms with Gasteiger partial charge in [-0.15, -0.1) is 0 Å². The van der Waals surface area contributed by atoms with Gasteiger partial charge in [-0.25, -0.2) is 0 Å². The zero-order chi connectivity index (χ0) is 10.2. The third kappa shape index (κ3) is 1.73. The SMILES string of the molecule is N#CC1(Cn2cc(Br)ccc2=O)CC1. The van der Waals surface area contributed by atoms with Crippen molar-refractivity contribution in [2.24, 2.45) is 5.41 Å². The van der Waals surface area contributed by atoms with Crippen molar-refractivity contribution in [2.75, 3.05) is 0 Å². The molecule has 2 rings (SSSR count). The molecule has 0 aromatic carbocycles. The Bertz CT molecular complexity index is 454. The number of rotatable bonds is 2. The van der Waals surface area contributed by atoms with Gasteiger partial charge in [0.2, 0.25) is 0 Å². The summed E-state index contributed by atoms with van der Waals surface area (Å²) >= 11 is 3.30. The van der Waals surface area contributed by atoms with Gasteiger partial charge in [-0.3, -0.25) is 4.79 Å². The van der Waals surface area contributed by atoms with E-state index in [1.165, 1.54) is 6.07 Å². The summed E-state index contributed by atoms with van der Waals surface area (Å²) in [5.74, 6) is 0. The summed E-state index contributed by atoms with van der Waals surface area (Å²) in [6, 6.07) is 5.50. The molecule has 1 heterocycles.